The van der Waals surface area contributed by atoms with E-state index in [1.165, 1.54) is 25.3 Å². The average Bonchev–Trinajstić information content (AvgIpc) is 3.16. The summed E-state index contributed by atoms with van der Waals surface area (Å²) in [6.07, 6.45) is 3.41. The lowest BCUT2D eigenvalue weighted by Gasteiger charge is -2.19. The van der Waals surface area contributed by atoms with Gasteiger partial charge in [-0.15, -0.1) is 0 Å². The second-order valence-electron chi connectivity index (χ2n) is 6.22. The Morgan fingerprint density at radius 1 is 1.17 bits per heavy atom. The normalized spacial score (nSPS) is 11.6. The Bertz CT molecular complexity index is 1030. The molecule has 1 N–H and O–H groups in total. The molecule has 1 unspecified atom stereocenters. The average molecular weight is 396 g/mol. The highest BCUT2D eigenvalue weighted by atomic mass is 16.6. The van der Waals surface area contributed by atoms with Crippen LogP contribution in [0.15, 0.2) is 54.9 Å². The monoisotopic (exact) mass is 396 g/mol. The molecule has 0 bridgehead atoms. The van der Waals surface area contributed by atoms with Crippen molar-refractivity contribution in [2.24, 2.45) is 7.05 Å². The summed E-state index contributed by atoms with van der Waals surface area (Å²) >= 11 is 0. The van der Waals surface area contributed by atoms with E-state index in [1.54, 1.807) is 36.2 Å². The first-order valence-corrected chi connectivity index (χ1v) is 8.69. The van der Waals surface area contributed by atoms with Crippen LogP contribution in [0.25, 0.3) is 0 Å². The third-order valence-electron chi connectivity index (χ3n) is 4.48. The number of hydrogen-bond acceptors (Lipinski definition) is 6. The van der Waals surface area contributed by atoms with Crippen molar-refractivity contribution >= 4 is 11.6 Å². The minimum absolute atomic E-state index is 0.0855. The maximum absolute atomic E-state index is 12.9. The van der Waals surface area contributed by atoms with Crippen LogP contribution in [0.3, 0.4) is 0 Å². The zero-order valence-electron chi connectivity index (χ0n) is 16.2. The molecule has 1 heterocycles. The minimum Gasteiger partial charge on any atom is -0.497 e. The SMILES string of the molecule is COc1ccc(C(NC(=O)c2ccc(OC)c([N+](=O)[O-])c2)c2nccn2C)cc1. The van der Waals surface area contributed by atoms with Gasteiger partial charge < -0.3 is 19.4 Å². The highest BCUT2D eigenvalue weighted by molar-refractivity contribution is 5.95. The standard InChI is InChI=1S/C20H20N4O5/c1-23-11-10-21-19(23)18(13-4-7-15(28-2)8-5-13)22-20(25)14-6-9-17(29-3)16(12-14)24(26)27/h4-12,18H,1-3H3,(H,22,25). The van der Waals surface area contributed by atoms with Crippen molar-refractivity contribution in [2.75, 3.05) is 14.2 Å². The van der Waals surface area contributed by atoms with E-state index >= 15 is 0 Å². The molecule has 0 saturated carbocycles. The van der Waals surface area contributed by atoms with Gasteiger partial charge in [0.15, 0.2) is 5.75 Å². The Labute approximate surface area is 167 Å². The van der Waals surface area contributed by atoms with Crippen LogP contribution in [0.5, 0.6) is 11.5 Å². The Morgan fingerprint density at radius 3 is 2.45 bits per heavy atom. The van der Waals surface area contributed by atoms with Crippen molar-refractivity contribution < 1.29 is 19.2 Å². The van der Waals surface area contributed by atoms with Crippen LogP contribution in [0, 0.1) is 10.1 Å². The Morgan fingerprint density at radius 2 is 1.90 bits per heavy atom. The molecular formula is C20H20N4O5. The number of imidazole rings is 1. The van der Waals surface area contributed by atoms with E-state index in [0.717, 1.165) is 5.56 Å². The van der Waals surface area contributed by atoms with Crippen LogP contribution in [-0.4, -0.2) is 34.6 Å². The van der Waals surface area contributed by atoms with Crippen molar-refractivity contribution in [1.29, 1.82) is 0 Å². The first-order valence-electron chi connectivity index (χ1n) is 8.69. The molecule has 0 aliphatic carbocycles. The quantitative estimate of drug-likeness (QED) is 0.486. The largest absolute Gasteiger partial charge is 0.497 e. The molecule has 9 nitrogen and oxygen atoms in total. The Balaban J connectivity index is 1.95. The van der Waals surface area contributed by atoms with Crippen molar-refractivity contribution in [1.82, 2.24) is 14.9 Å². The third kappa shape index (κ3) is 4.18. The summed E-state index contributed by atoms with van der Waals surface area (Å²) in [6.45, 7) is 0. The van der Waals surface area contributed by atoms with Crippen LogP contribution in [-0.2, 0) is 7.05 Å². The molecule has 0 radical (unpaired) electrons. The van der Waals surface area contributed by atoms with Crippen LogP contribution >= 0.6 is 0 Å². The van der Waals surface area contributed by atoms with Crippen molar-refractivity contribution in [2.45, 2.75) is 6.04 Å². The van der Waals surface area contributed by atoms with E-state index in [-0.39, 0.29) is 17.0 Å². The summed E-state index contributed by atoms with van der Waals surface area (Å²) in [4.78, 5) is 27.9. The van der Waals surface area contributed by atoms with Crippen LogP contribution < -0.4 is 14.8 Å². The number of hydrogen-bond donors (Lipinski definition) is 1. The molecule has 1 aromatic heterocycles. The van der Waals surface area contributed by atoms with E-state index < -0.39 is 16.9 Å². The van der Waals surface area contributed by atoms with E-state index in [2.05, 4.69) is 10.3 Å². The molecule has 3 aromatic rings. The molecule has 9 heteroatoms. The van der Waals surface area contributed by atoms with Crippen molar-refractivity contribution in [3.63, 3.8) is 0 Å². The minimum atomic E-state index is -0.588. The number of rotatable bonds is 7. The van der Waals surface area contributed by atoms with E-state index in [1.807, 2.05) is 19.2 Å². The van der Waals surface area contributed by atoms with Crippen LogP contribution in [0.1, 0.15) is 27.8 Å². The summed E-state index contributed by atoms with van der Waals surface area (Å²) < 4.78 is 12.0. The zero-order valence-corrected chi connectivity index (χ0v) is 16.2. The molecule has 150 valence electrons. The Hall–Kier alpha value is -3.88. The van der Waals surface area contributed by atoms with Gasteiger partial charge >= 0.3 is 5.69 Å². The number of nitrogens with one attached hydrogen (secondary N) is 1. The molecule has 2 aromatic carbocycles. The maximum atomic E-state index is 12.9. The molecule has 29 heavy (non-hydrogen) atoms. The number of carbonyl (C=O) groups is 1. The molecule has 1 atom stereocenters. The lowest BCUT2D eigenvalue weighted by atomic mass is 10.0. The number of carbonyl (C=O) groups excluding carboxylic acids is 1. The summed E-state index contributed by atoms with van der Waals surface area (Å²) in [6, 6.07) is 10.7. The van der Waals surface area contributed by atoms with Gasteiger partial charge in [-0.05, 0) is 29.8 Å². The molecule has 0 aliphatic rings. The number of ether oxygens (including phenoxy) is 2. The number of methoxy groups -OCH3 is 2. The van der Waals surface area contributed by atoms with Gasteiger partial charge in [-0.1, -0.05) is 12.1 Å². The summed E-state index contributed by atoms with van der Waals surface area (Å²) in [7, 11) is 4.73. The van der Waals surface area contributed by atoms with Gasteiger partial charge in [0.25, 0.3) is 5.91 Å². The highest BCUT2D eigenvalue weighted by Crippen LogP contribution is 2.28. The van der Waals surface area contributed by atoms with Crippen molar-refractivity contribution in [3.05, 3.63) is 81.9 Å². The van der Waals surface area contributed by atoms with Gasteiger partial charge in [0, 0.05) is 31.1 Å². The number of amides is 1. The van der Waals surface area contributed by atoms with Gasteiger partial charge in [-0.25, -0.2) is 4.98 Å². The number of aryl methyl sites for hydroxylation is 1. The lowest BCUT2D eigenvalue weighted by Crippen LogP contribution is -2.31. The number of aromatic nitrogens is 2. The molecular weight excluding hydrogens is 376 g/mol. The second kappa shape index (κ2) is 8.42. The van der Waals surface area contributed by atoms with Gasteiger partial charge in [-0.2, -0.15) is 0 Å². The molecule has 3 rings (SSSR count). The van der Waals surface area contributed by atoms with Crippen LogP contribution in [0.4, 0.5) is 5.69 Å². The fourth-order valence-electron chi connectivity index (χ4n) is 2.94. The molecule has 0 saturated heterocycles. The first-order chi connectivity index (χ1) is 13.9. The van der Waals surface area contributed by atoms with E-state index in [0.29, 0.717) is 11.6 Å². The van der Waals surface area contributed by atoms with E-state index in [9.17, 15) is 14.9 Å². The topological polar surface area (TPSA) is 109 Å². The molecule has 0 spiro atoms. The number of benzene rings is 2. The maximum Gasteiger partial charge on any atom is 0.311 e. The van der Waals surface area contributed by atoms with Gasteiger partial charge in [-0.3, -0.25) is 14.9 Å². The van der Waals surface area contributed by atoms with Crippen LogP contribution in [0.2, 0.25) is 0 Å². The molecule has 0 fully saturated rings. The molecule has 0 aliphatic heterocycles. The number of nitrogens with zero attached hydrogens (tertiary/aromatic N) is 3. The number of nitro benzene ring substituents is 1. The van der Waals surface area contributed by atoms with Gasteiger partial charge in [0.1, 0.15) is 17.6 Å². The Kier molecular flexibility index (Phi) is 5.77. The first kappa shape index (κ1) is 19.9. The summed E-state index contributed by atoms with van der Waals surface area (Å²) in [5.41, 5.74) is 0.653. The fourth-order valence-corrected chi connectivity index (χ4v) is 2.94. The predicted octanol–water partition coefficient (Wildman–Crippen LogP) is 2.86. The predicted molar refractivity (Wildman–Crippen MR) is 105 cm³/mol. The lowest BCUT2D eigenvalue weighted by molar-refractivity contribution is -0.385. The second-order valence-corrected chi connectivity index (χ2v) is 6.22. The van der Waals surface area contributed by atoms with Gasteiger partial charge in [0.2, 0.25) is 0 Å². The fraction of sp³-hybridized carbons (Fsp3) is 0.200. The molecule has 1 amide bonds. The van der Waals surface area contributed by atoms with E-state index in [4.69, 9.17) is 9.47 Å². The highest BCUT2D eigenvalue weighted by Gasteiger charge is 2.24. The third-order valence-corrected chi connectivity index (χ3v) is 4.48. The van der Waals surface area contributed by atoms with Crippen molar-refractivity contribution in [3.8, 4) is 11.5 Å². The summed E-state index contributed by atoms with van der Waals surface area (Å²) in [5, 5.41) is 14.2. The summed E-state index contributed by atoms with van der Waals surface area (Å²) in [5.74, 6) is 0.915. The number of nitro groups is 1. The van der Waals surface area contributed by atoms with Gasteiger partial charge in [0.05, 0.1) is 19.1 Å². The smallest absolute Gasteiger partial charge is 0.311 e. The zero-order chi connectivity index (χ0) is 21.0.